The molecule has 136 valence electrons. The molecule has 1 saturated heterocycles. The Morgan fingerprint density at radius 1 is 1.24 bits per heavy atom. The van der Waals surface area contributed by atoms with E-state index in [1.54, 1.807) is 6.92 Å². The fourth-order valence-electron chi connectivity index (χ4n) is 2.61. The summed E-state index contributed by atoms with van der Waals surface area (Å²) in [5, 5.41) is -0.0762. The summed E-state index contributed by atoms with van der Waals surface area (Å²) in [6.07, 6.45) is 0.995. The predicted octanol–water partition coefficient (Wildman–Crippen LogP) is 2.44. The van der Waals surface area contributed by atoms with Gasteiger partial charge in [-0.05, 0) is 31.9 Å². The average Bonchev–Trinajstić information content (AvgIpc) is 2.60. The van der Waals surface area contributed by atoms with Crippen molar-refractivity contribution in [3.8, 4) is 0 Å². The van der Waals surface area contributed by atoms with Crippen LogP contribution in [-0.4, -0.2) is 49.0 Å². The summed E-state index contributed by atoms with van der Waals surface area (Å²) in [7, 11) is 0. The lowest BCUT2D eigenvalue weighted by Gasteiger charge is -2.30. The van der Waals surface area contributed by atoms with E-state index in [1.807, 2.05) is 0 Å². The quantitative estimate of drug-likeness (QED) is 0.743. The highest BCUT2D eigenvalue weighted by Crippen LogP contribution is 2.21. The standard InChI is InChI=1S/C17H19ClFNO5/c1-2-24-16(22)11-6-8-20(9-7-11)14(21)10-25-17(23)15-12(18)4-3-5-13(15)19/h3-5,11H,2,6-10H2,1H3. The molecule has 0 radical (unpaired) electrons. The van der Waals surface area contributed by atoms with E-state index < -0.39 is 29.9 Å². The van der Waals surface area contributed by atoms with Crippen molar-refractivity contribution in [2.45, 2.75) is 19.8 Å². The summed E-state index contributed by atoms with van der Waals surface area (Å²) in [6, 6.07) is 3.82. The van der Waals surface area contributed by atoms with Crippen molar-refractivity contribution in [2.24, 2.45) is 5.92 Å². The molecule has 1 fully saturated rings. The van der Waals surface area contributed by atoms with E-state index in [1.165, 1.54) is 17.0 Å². The lowest BCUT2D eigenvalue weighted by Crippen LogP contribution is -2.42. The third-order valence-corrected chi connectivity index (χ3v) is 4.28. The first kappa shape index (κ1) is 19.2. The molecule has 0 bridgehead atoms. The lowest BCUT2D eigenvalue weighted by molar-refractivity contribution is -0.151. The second-order valence-electron chi connectivity index (χ2n) is 5.58. The molecule has 8 heteroatoms. The molecule has 25 heavy (non-hydrogen) atoms. The number of ether oxygens (including phenoxy) is 2. The smallest absolute Gasteiger partial charge is 0.343 e. The van der Waals surface area contributed by atoms with Crippen LogP contribution in [0.3, 0.4) is 0 Å². The molecule has 0 saturated carbocycles. The highest BCUT2D eigenvalue weighted by molar-refractivity contribution is 6.33. The van der Waals surface area contributed by atoms with Crippen LogP contribution in [0.25, 0.3) is 0 Å². The maximum Gasteiger partial charge on any atom is 0.343 e. The van der Waals surface area contributed by atoms with Crippen LogP contribution in [0.1, 0.15) is 30.1 Å². The number of hydrogen-bond acceptors (Lipinski definition) is 5. The zero-order chi connectivity index (χ0) is 18.4. The Morgan fingerprint density at radius 3 is 2.52 bits per heavy atom. The molecule has 0 aromatic heterocycles. The van der Waals surface area contributed by atoms with Gasteiger partial charge in [0.2, 0.25) is 0 Å². The summed E-state index contributed by atoms with van der Waals surface area (Å²) in [4.78, 5) is 37.2. The van der Waals surface area contributed by atoms with Gasteiger partial charge in [-0.15, -0.1) is 0 Å². The van der Waals surface area contributed by atoms with E-state index in [0.29, 0.717) is 32.5 Å². The average molecular weight is 372 g/mol. The second kappa shape index (κ2) is 8.80. The molecule has 0 aliphatic carbocycles. The zero-order valence-corrected chi connectivity index (χ0v) is 14.6. The maximum absolute atomic E-state index is 13.6. The Kier molecular flexibility index (Phi) is 6.75. The first-order valence-electron chi connectivity index (χ1n) is 7.99. The number of benzene rings is 1. The predicted molar refractivity (Wildman–Crippen MR) is 87.6 cm³/mol. The second-order valence-corrected chi connectivity index (χ2v) is 5.99. The fourth-order valence-corrected chi connectivity index (χ4v) is 2.85. The van der Waals surface area contributed by atoms with Crippen LogP contribution in [0.4, 0.5) is 4.39 Å². The molecule has 0 atom stereocenters. The highest BCUT2D eigenvalue weighted by Gasteiger charge is 2.29. The molecule has 0 spiro atoms. The highest BCUT2D eigenvalue weighted by atomic mass is 35.5. The van der Waals surface area contributed by atoms with Crippen molar-refractivity contribution in [3.05, 3.63) is 34.6 Å². The van der Waals surface area contributed by atoms with E-state index in [2.05, 4.69) is 0 Å². The third-order valence-electron chi connectivity index (χ3n) is 3.96. The number of carbonyl (C=O) groups is 3. The summed E-state index contributed by atoms with van der Waals surface area (Å²) >= 11 is 5.78. The summed E-state index contributed by atoms with van der Waals surface area (Å²) in [6.45, 7) is 2.31. The van der Waals surface area contributed by atoms with Gasteiger partial charge in [0.05, 0.1) is 17.5 Å². The number of halogens is 2. The van der Waals surface area contributed by atoms with Crippen LogP contribution in [0.2, 0.25) is 5.02 Å². The van der Waals surface area contributed by atoms with Gasteiger partial charge in [0.1, 0.15) is 11.4 Å². The van der Waals surface area contributed by atoms with Gasteiger partial charge >= 0.3 is 11.9 Å². The number of esters is 2. The summed E-state index contributed by atoms with van der Waals surface area (Å²) < 4.78 is 23.5. The Balaban J connectivity index is 1.83. The summed E-state index contributed by atoms with van der Waals surface area (Å²) in [5.41, 5.74) is -0.391. The van der Waals surface area contributed by atoms with Crippen LogP contribution >= 0.6 is 11.6 Å². The minimum absolute atomic E-state index is 0.0762. The number of carbonyl (C=O) groups excluding carboxylic acids is 3. The summed E-state index contributed by atoms with van der Waals surface area (Å²) in [5.74, 6) is -2.67. The van der Waals surface area contributed by atoms with E-state index in [4.69, 9.17) is 21.1 Å². The minimum Gasteiger partial charge on any atom is -0.466 e. The molecule has 1 aliphatic heterocycles. The first-order chi connectivity index (χ1) is 11.9. The number of likely N-dealkylation sites (tertiary alicyclic amines) is 1. The monoisotopic (exact) mass is 371 g/mol. The largest absolute Gasteiger partial charge is 0.466 e. The number of nitrogens with zero attached hydrogens (tertiary/aromatic N) is 1. The van der Waals surface area contributed by atoms with Crippen molar-refractivity contribution in [2.75, 3.05) is 26.3 Å². The van der Waals surface area contributed by atoms with E-state index >= 15 is 0 Å². The number of amides is 1. The molecule has 6 nitrogen and oxygen atoms in total. The zero-order valence-electron chi connectivity index (χ0n) is 13.8. The van der Waals surface area contributed by atoms with Crippen LogP contribution in [0.15, 0.2) is 18.2 Å². The molecule has 1 amide bonds. The fraction of sp³-hybridized carbons (Fsp3) is 0.471. The van der Waals surface area contributed by atoms with Crippen LogP contribution < -0.4 is 0 Å². The van der Waals surface area contributed by atoms with Gasteiger partial charge in [-0.1, -0.05) is 17.7 Å². The van der Waals surface area contributed by atoms with Crippen molar-refractivity contribution in [3.63, 3.8) is 0 Å². The van der Waals surface area contributed by atoms with Crippen LogP contribution in [0, 0.1) is 11.7 Å². The molecule has 1 aliphatic rings. The Morgan fingerprint density at radius 2 is 1.92 bits per heavy atom. The molecule has 0 unspecified atom stereocenters. The van der Waals surface area contributed by atoms with Crippen molar-refractivity contribution >= 4 is 29.4 Å². The van der Waals surface area contributed by atoms with E-state index in [0.717, 1.165) is 6.07 Å². The van der Waals surface area contributed by atoms with Gasteiger partial charge in [-0.2, -0.15) is 0 Å². The van der Waals surface area contributed by atoms with Gasteiger partial charge in [0.25, 0.3) is 5.91 Å². The van der Waals surface area contributed by atoms with Gasteiger partial charge in [0, 0.05) is 13.1 Å². The Labute approximate surface area is 149 Å². The number of hydrogen-bond donors (Lipinski definition) is 0. The van der Waals surface area contributed by atoms with Gasteiger partial charge in [-0.25, -0.2) is 9.18 Å². The van der Waals surface area contributed by atoms with Crippen molar-refractivity contribution in [1.82, 2.24) is 4.90 Å². The number of rotatable bonds is 5. The number of piperidine rings is 1. The lowest BCUT2D eigenvalue weighted by atomic mass is 9.97. The molecule has 0 N–H and O–H groups in total. The Bertz CT molecular complexity index is 638. The molecule has 1 aromatic carbocycles. The normalized spacial score (nSPS) is 14.9. The van der Waals surface area contributed by atoms with Crippen LogP contribution in [-0.2, 0) is 19.1 Å². The van der Waals surface area contributed by atoms with E-state index in [-0.39, 0.29) is 16.9 Å². The van der Waals surface area contributed by atoms with Gasteiger partial charge in [-0.3, -0.25) is 9.59 Å². The topological polar surface area (TPSA) is 72.9 Å². The molecular weight excluding hydrogens is 353 g/mol. The molecular formula is C17H19ClFNO5. The SMILES string of the molecule is CCOC(=O)C1CCN(C(=O)COC(=O)c2c(F)cccc2Cl)CC1. The third kappa shape index (κ3) is 4.92. The van der Waals surface area contributed by atoms with Crippen molar-refractivity contribution in [1.29, 1.82) is 0 Å². The molecule has 1 heterocycles. The molecule has 2 rings (SSSR count). The molecule has 1 aromatic rings. The minimum atomic E-state index is -0.988. The van der Waals surface area contributed by atoms with Crippen molar-refractivity contribution < 1.29 is 28.2 Å². The van der Waals surface area contributed by atoms with Crippen LogP contribution in [0.5, 0.6) is 0 Å². The van der Waals surface area contributed by atoms with Gasteiger partial charge < -0.3 is 14.4 Å². The van der Waals surface area contributed by atoms with E-state index in [9.17, 15) is 18.8 Å². The Hall–Kier alpha value is -2.15. The van der Waals surface area contributed by atoms with Gasteiger partial charge in [0.15, 0.2) is 6.61 Å². The maximum atomic E-state index is 13.6. The first-order valence-corrected chi connectivity index (χ1v) is 8.37.